The zero-order valence-corrected chi connectivity index (χ0v) is 9.98. The minimum Gasteiger partial charge on any atom is -0.455 e. The summed E-state index contributed by atoms with van der Waals surface area (Å²) >= 11 is 0. The second-order valence-electron chi connectivity index (χ2n) is 4.70. The second-order valence-corrected chi connectivity index (χ2v) is 4.70. The molecule has 1 N–H and O–H groups in total. The van der Waals surface area contributed by atoms with Gasteiger partial charge in [0.1, 0.15) is 6.10 Å². The van der Waals surface area contributed by atoms with E-state index in [0.29, 0.717) is 25.3 Å². The lowest BCUT2D eigenvalue weighted by atomic mass is 10.2. The van der Waals surface area contributed by atoms with Gasteiger partial charge in [0.2, 0.25) is 0 Å². The molecule has 0 spiro atoms. The first-order valence-electron chi connectivity index (χ1n) is 6.11. The maximum absolute atomic E-state index is 5.56. The Balaban J connectivity index is 1.60. The van der Waals surface area contributed by atoms with Crippen molar-refractivity contribution >= 4 is 0 Å². The molecular weight excluding hydrogens is 218 g/mol. The third-order valence-electron chi connectivity index (χ3n) is 3.10. The van der Waals surface area contributed by atoms with Crippen LogP contribution >= 0.6 is 0 Å². The molecule has 0 radical (unpaired) electrons. The first kappa shape index (κ1) is 10.9. The van der Waals surface area contributed by atoms with Crippen LogP contribution in [0.1, 0.15) is 24.1 Å². The molecule has 5 nitrogen and oxygen atoms in total. The van der Waals surface area contributed by atoms with E-state index in [1.807, 2.05) is 13.1 Å². The van der Waals surface area contributed by atoms with Crippen LogP contribution in [0, 0.1) is 6.92 Å². The molecule has 17 heavy (non-hydrogen) atoms. The maximum atomic E-state index is 5.56. The molecule has 0 aromatic carbocycles. The van der Waals surface area contributed by atoms with Crippen molar-refractivity contribution in [2.75, 3.05) is 13.2 Å². The Hall–Kier alpha value is -1.20. The smallest absolute Gasteiger partial charge is 0.317 e. The first-order valence-corrected chi connectivity index (χ1v) is 6.11. The number of ether oxygens (including phenoxy) is 2. The minimum atomic E-state index is 0.129. The van der Waals surface area contributed by atoms with E-state index in [-0.39, 0.29) is 6.10 Å². The van der Waals surface area contributed by atoms with Crippen molar-refractivity contribution in [1.29, 1.82) is 0 Å². The summed E-state index contributed by atoms with van der Waals surface area (Å²) < 4.78 is 10.6. The van der Waals surface area contributed by atoms with E-state index in [1.54, 1.807) is 0 Å². The SMILES string of the molecule is Cc1nc(OC2COC2)ncc1CNC1CC1. The van der Waals surface area contributed by atoms with Crippen LogP contribution in [0.2, 0.25) is 0 Å². The number of nitrogens with one attached hydrogen (secondary N) is 1. The van der Waals surface area contributed by atoms with Crippen LogP contribution in [0.5, 0.6) is 6.01 Å². The number of rotatable bonds is 5. The fourth-order valence-electron chi connectivity index (χ4n) is 1.67. The van der Waals surface area contributed by atoms with Crippen molar-refractivity contribution in [3.05, 3.63) is 17.5 Å². The van der Waals surface area contributed by atoms with Gasteiger partial charge in [0.15, 0.2) is 0 Å². The summed E-state index contributed by atoms with van der Waals surface area (Å²) in [5.74, 6) is 0. The van der Waals surface area contributed by atoms with Crippen LogP contribution in [0.15, 0.2) is 6.20 Å². The molecule has 0 bridgehead atoms. The predicted molar refractivity (Wildman–Crippen MR) is 61.9 cm³/mol. The standard InChI is InChI=1S/C12H17N3O2/c1-8-9(4-13-10-2-3-10)5-14-12(15-8)17-11-6-16-7-11/h5,10-11,13H,2-4,6-7H2,1H3. The molecule has 2 fully saturated rings. The van der Waals surface area contributed by atoms with Gasteiger partial charge >= 0.3 is 6.01 Å². The lowest BCUT2D eigenvalue weighted by molar-refractivity contribution is -0.0832. The maximum Gasteiger partial charge on any atom is 0.317 e. The summed E-state index contributed by atoms with van der Waals surface area (Å²) in [6, 6.07) is 1.17. The Morgan fingerprint density at radius 1 is 1.47 bits per heavy atom. The molecule has 2 heterocycles. The Kier molecular flexibility index (Phi) is 2.94. The Bertz CT molecular complexity index is 403. The van der Waals surface area contributed by atoms with Crippen molar-refractivity contribution in [1.82, 2.24) is 15.3 Å². The van der Waals surface area contributed by atoms with Crippen molar-refractivity contribution in [2.24, 2.45) is 0 Å². The molecule has 1 aromatic rings. The van der Waals surface area contributed by atoms with Crippen molar-refractivity contribution in [3.63, 3.8) is 0 Å². The molecule has 1 aliphatic carbocycles. The molecule has 92 valence electrons. The summed E-state index contributed by atoms with van der Waals surface area (Å²) in [4.78, 5) is 8.60. The summed E-state index contributed by atoms with van der Waals surface area (Å²) in [7, 11) is 0. The van der Waals surface area contributed by atoms with E-state index >= 15 is 0 Å². The minimum absolute atomic E-state index is 0.129. The largest absolute Gasteiger partial charge is 0.455 e. The fraction of sp³-hybridized carbons (Fsp3) is 0.667. The Labute approximate surface area is 101 Å². The molecule has 5 heteroatoms. The third-order valence-corrected chi connectivity index (χ3v) is 3.10. The third kappa shape index (κ3) is 2.73. The summed E-state index contributed by atoms with van der Waals surface area (Å²) in [5.41, 5.74) is 2.14. The van der Waals surface area contributed by atoms with Gasteiger partial charge in [-0.2, -0.15) is 0 Å². The molecule has 1 aromatic heterocycles. The highest BCUT2D eigenvalue weighted by molar-refractivity contribution is 5.18. The van der Waals surface area contributed by atoms with Gasteiger partial charge in [-0.15, -0.1) is 0 Å². The summed E-state index contributed by atoms with van der Waals surface area (Å²) in [6.45, 7) is 4.14. The topological polar surface area (TPSA) is 56.3 Å². The lowest BCUT2D eigenvalue weighted by Gasteiger charge is -2.25. The zero-order valence-electron chi connectivity index (χ0n) is 9.98. The van der Waals surface area contributed by atoms with E-state index in [1.165, 1.54) is 12.8 Å². The number of nitrogens with zero attached hydrogens (tertiary/aromatic N) is 2. The van der Waals surface area contributed by atoms with Gasteiger partial charge in [-0.25, -0.2) is 9.97 Å². The predicted octanol–water partition coefficient (Wildman–Crippen LogP) is 0.815. The summed E-state index contributed by atoms with van der Waals surface area (Å²) in [5, 5.41) is 3.46. The monoisotopic (exact) mass is 235 g/mol. The Morgan fingerprint density at radius 3 is 2.88 bits per heavy atom. The van der Waals surface area contributed by atoms with E-state index in [2.05, 4.69) is 15.3 Å². The van der Waals surface area contributed by atoms with E-state index in [9.17, 15) is 0 Å². The van der Waals surface area contributed by atoms with Crippen LogP contribution in [0.25, 0.3) is 0 Å². The fourth-order valence-corrected chi connectivity index (χ4v) is 1.67. The molecule has 1 aliphatic heterocycles. The van der Waals surface area contributed by atoms with E-state index in [0.717, 1.165) is 17.8 Å². The molecular formula is C12H17N3O2. The van der Waals surface area contributed by atoms with Crippen molar-refractivity contribution in [2.45, 2.75) is 38.5 Å². The molecule has 1 saturated carbocycles. The van der Waals surface area contributed by atoms with Gasteiger partial charge in [-0.3, -0.25) is 0 Å². The highest BCUT2D eigenvalue weighted by Crippen LogP contribution is 2.20. The van der Waals surface area contributed by atoms with Gasteiger partial charge in [-0.1, -0.05) is 0 Å². The van der Waals surface area contributed by atoms with Crippen LogP contribution < -0.4 is 10.1 Å². The van der Waals surface area contributed by atoms with Crippen LogP contribution in [-0.4, -0.2) is 35.3 Å². The van der Waals surface area contributed by atoms with E-state index in [4.69, 9.17) is 9.47 Å². The molecule has 3 rings (SSSR count). The molecule has 1 saturated heterocycles. The Morgan fingerprint density at radius 2 is 2.29 bits per heavy atom. The molecule has 0 amide bonds. The number of aryl methyl sites for hydroxylation is 1. The molecule has 0 unspecified atom stereocenters. The number of hydrogen-bond acceptors (Lipinski definition) is 5. The highest BCUT2D eigenvalue weighted by atomic mass is 16.6. The van der Waals surface area contributed by atoms with Crippen LogP contribution in [0.4, 0.5) is 0 Å². The summed E-state index contributed by atoms with van der Waals surface area (Å²) in [6.07, 6.45) is 4.57. The van der Waals surface area contributed by atoms with Crippen molar-refractivity contribution in [3.8, 4) is 6.01 Å². The highest BCUT2D eigenvalue weighted by Gasteiger charge is 2.22. The van der Waals surface area contributed by atoms with Gasteiger partial charge in [0.05, 0.1) is 13.2 Å². The van der Waals surface area contributed by atoms with Crippen molar-refractivity contribution < 1.29 is 9.47 Å². The molecule has 0 atom stereocenters. The van der Waals surface area contributed by atoms with Gasteiger partial charge in [0, 0.05) is 30.0 Å². The average Bonchev–Trinajstić information content (AvgIpc) is 3.06. The van der Waals surface area contributed by atoms with Gasteiger partial charge in [-0.05, 0) is 19.8 Å². The van der Waals surface area contributed by atoms with Gasteiger partial charge in [0.25, 0.3) is 0 Å². The van der Waals surface area contributed by atoms with Crippen LogP contribution in [0.3, 0.4) is 0 Å². The second kappa shape index (κ2) is 4.58. The lowest BCUT2D eigenvalue weighted by Crippen LogP contribution is -2.39. The van der Waals surface area contributed by atoms with Gasteiger partial charge < -0.3 is 14.8 Å². The quantitative estimate of drug-likeness (QED) is 0.818. The average molecular weight is 235 g/mol. The first-order chi connectivity index (χ1) is 8.31. The number of hydrogen-bond donors (Lipinski definition) is 1. The normalized spacial score (nSPS) is 20.1. The number of aromatic nitrogens is 2. The van der Waals surface area contributed by atoms with E-state index < -0.39 is 0 Å². The van der Waals surface area contributed by atoms with Crippen LogP contribution in [-0.2, 0) is 11.3 Å². The zero-order chi connectivity index (χ0) is 11.7. The molecule has 2 aliphatic rings.